The first-order chi connectivity index (χ1) is 10.1. The lowest BCUT2D eigenvalue weighted by atomic mass is 10.1. The molecular weight excluding hydrogens is 285 g/mol. The normalized spacial score (nSPS) is 13.1. The van der Waals surface area contributed by atoms with Gasteiger partial charge in [0.15, 0.2) is 0 Å². The topological polar surface area (TPSA) is 33.1 Å². The smallest absolute Gasteiger partial charge is 0.125 e. The van der Waals surface area contributed by atoms with E-state index in [1.165, 1.54) is 23.5 Å². The van der Waals surface area contributed by atoms with Gasteiger partial charge in [0.05, 0.1) is 16.3 Å². The molecule has 106 valence electrons. The minimum absolute atomic E-state index is 0.270. The molecule has 2 aromatic carbocycles. The van der Waals surface area contributed by atoms with E-state index in [9.17, 15) is 9.50 Å². The number of aromatic nitrogens is 1. The molecule has 0 aliphatic heterocycles. The largest absolute Gasteiger partial charge is 0.389 e. The molecule has 0 saturated heterocycles. The van der Waals surface area contributed by atoms with E-state index in [-0.39, 0.29) is 5.82 Å². The van der Waals surface area contributed by atoms with Gasteiger partial charge in [-0.3, -0.25) is 0 Å². The summed E-state index contributed by atoms with van der Waals surface area (Å²) in [7, 11) is 0. The number of aliphatic hydroxyl groups is 1. The lowest BCUT2D eigenvalue weighted by Gasteiger charge is -2.04. The van der Waals surface area contributed by atoms with Gasteiger partial charge in [-0.05, 0) is 42.3 Å². The number of hydrogen-bond acceptors (Lipinski definition) is 3. The Labute approximate surface area is 126 Å². The van der Waals surface area contributed by atoms with Crippen molar-refractivity contribution in [2.45, 2.75) is 13.0 Å². The Balaban J connectivity index is 1.88. The molecule has 0 aliphatic carbocycles. The van der Waals surface area contributed by atoms with Crippen LogP contribution in [0.3, 0.4) is 0 Å². The van der Waals surface area contributed by atoms with Gasteiger partial charge in [-0.2, -0.15) is 0 Å². The van der Waals surface area contributed by atoms with E-state index in [2.05, 4.69) is 4.98 Å². The van der Waals surface area contributed by atoms with Gasteiger partial charge >= 0.3 is 0 Å². The zero-order valence-electron chi connectivity index (χ0n) is 11.5. The van der Waals surface area contributed by atoms with Crippen LogP contribution in [0.25, 0.3) is 22.4 Å². The van der Waals surface area contributed by atoms with Crippen molar-refractivity contribution in [1.82, 2.24) is 4.98 Å². The standard InChI is InChI=1S/C17H14FNOS/c1-11(20)13-4-2-3-12(9-13)5-8-17-19-15-10-14(18)6-7-16(15)21-17/h2-11,20H,1H3. The van der Waals surface area contributed by atoms with Crippen LogP contribution in [0.15, 0.2) is 42.5 Å². The predicted octanol–water partition coefficient (Wildman–Crippen LogP) is 4.66. The second-order valence-corrected chi connectivity index (χ2v) is 5.91. The van der Waals surface area contributed by atoms with Crippen molar-refractivity contribution >= 4 is 33.7 Å². The van der Waals surface area contributed by atoms with Crippen LogP contribution in [0.1, 0.15) is 29.2 Å². The van der Waals surface area contributed by atoms with E-state index in [1.807, 2.05) is 36.4 Å². The molecule has 0 radical (unpaired) electrons. The summed E-state index contributed by atoms with van der Waals surface area (Å²) in [4.78, 5) is 4.39. The molecule has 3 aromatic rings. The van der Waals surface area contributed by atoms with E-state index in [1.54, 1.807) is 13.0 Å². The van der Waals surface area contributed by atoms with Crippen molar-refractivity contribution < 1.29 is 9.50 Å². The average Bonchev–Trinajstić information content (AvgIpc) is 2.87. The highest BCUT2D eigenvalue weighted by Crippen LogP contribution is 2.24. The lowest BCUT2D eigenvalue weighted by Crippen LogP contribution is -1.90. The van der Waals surface area contributed by atoms with Crippen LogP contribution in [0, 0.1) is 5.82 Å². The van der Waals surface area contributed by atoms with Crippen LogP contribution in [0.2, 0.25) is 0 Å². The molecule has 3 rings (SSSR count). The molecule has 0 aliphatic rings. The van der Waals surface area contributed by atoms with Crippen molar-refractivity contribution in [3.05, 3.63) is 64.4 Å². The molecule has 1 atom stereocenters. The highest BCUT2D eigenvalue weighted by molar-refractivity contribution is 7.19. The number of benzene rings is 2. The number of fused-ring (bicyclic) bond motifs is 1. The van der Waals surface area contributed by atoms with Gasteiger partial charge < -0.3 is 5.11 Å². The molecule has 0 saturated carbocycles. The Kier molecular flexibility index (Phi) is 3.82. The maximum absolute atomic E-state index is 13.1. The summed E-state index contributed by atoms with van der Waals surface area (Å²) in [6.07, 6.45) is 3.37. The lowest BCUT2D eigenvalue weighted by molar-refractivity contribution is 0.199. The van der Waals surface area contributed by atoms with Crippen LogP contribution < -0.4 is 0 Å². The van der Waals surface area contributed by atoms with Crippen molar-refractivity contribution in [1.29, 1.82) is 0 Å². The minimum atomic E-state index is -0.483. The fraction of sp³-hybridized carbons (Fsp3) is 0.118. The Morgan fingerprint density at radius 1 is 1.19 bits per heavy atom. The molecule has 1 unspecified atom stereocenters. The van der Waals surface area contributed by atoms with Crippen molar-refractivity contribution in [2.75, 3.05) is 0 Å². The van der Waals surface area contributed by atoms with Gasteiger partial charge in [-0.15, -0.1) is 11.3 Å². The number of hydrogen-bond donors (Lipinski definition) is 1. The third-order valence-corrected chi connectivity index (χ3v) is 4.18. The maximum Gasteiger partial charge on any atom is 0.125 e. The Morgan fingerprint density at radius 2 is 2.05 bits per heavy atom. The fourth-order valence-corrected chi connectivity index (χ4v) is 2.93. The molecule has 1 aromatic heterocycles. The highest BCUT2D eigenvalue weighted by atomic mass is 32.1. The maximum atomic E-state index is 13.1. The summed E-state index contributed by atoms with van der Waals surface area (Å²) >= 11 is 1.52. The van der Waals surface area contributed by atoms with Crippen LogP contribution >= 0.6 is 11.3 Å². The Bertz CT molecular complexity index is 807. The summed E-state index contributed by atoms with van der Waals surface area (Å²) in [6.45, 7) is 1.74. The molecule has 0 spiro atoms. The number of nitrogens with zero attached hydrogens (tertiary/aromatic N) is 1. The zero-order valence-corrected chi connectivity index (χ0v) is 12.3. The molecular formula is C17H14FNOS. The molecule has 2 nitrogen and oxygen atoms in total. The fourth-order valence-electron chi connectivity index (χ4n) is 2.08. The molecule has 0 bridgehead atoms. The average molecular weight is 299 g/mol. The Morgan fingerprint density at radius 3 is 2.86 bits per heavy atom. The van der Waals surface area contributed by atoms with Crippen LogP contribution in [0.4, 0.5) is 4.39 Å². The van der Waals surface area contributed by atoms with E-state index >= 15 is 0 Å². The molecule has 4 heteroatoms. The van der Waals surface area contributed by atoms with Crippen LogP contribution in [-0.4, -0.2) is 10.1 Å². The summed E-state index contributed by atoms with van der Waals surface area (Å²) in [5, 5.41) is 10.4. The number of rotatable bonds is 3. The first-order valence-corrected chi connectivity index (χ1v) is 7.46. The van der Waals surface area contributed by atoms with Crippen molar-refractivity contribution in [2.24, 2.45) is 0 Å². The van der Waals surface area contributed by atoms with Gasteiger partial charge in [0.1, 0.15) is 10.8 Å². The summed E-state index contributed by atoms with van der Waals surface area (Å²) in [6, 6.07) is 12.3. The predicted molar refractivity (Wildman–Crippen MR) is 85.6 cm³/mol. The van der Waals surface area contributed by atoms with E-state index < -0.39 is 6.10 Å². The van der Waals surface area contributed by atoms with Gasteiger partial charge in [0, 0.05) is 6.07 Å². The first-order valence-electron chi connectivity index (χ1n) is 6.64. The minimum Gasteiger partial charge on any atom is -0.389 e. The molecule has 0 fully saturated rings. The van der Waals surface area contributed by atoms with E-state index in [4.69, 9.17) is 0 Å². The number of aliphatic hydroxyl groups excluding tert-OH is 1. The SMILES string of the molecule is CC(O)c1cccc(C=Cc2nc3cc(F)ccc3s2)c1. The van der Waals surface area contributed by atoms with Crippen molar-refractivity contribution in [3.8, 4) is 0 Å². The molecule has 0 amide bonds. The summed E-state index contributed by atoms with van der Waals surface area (Å²) in [5.74, 6) is -0.270. The highest BCUT2D eigenvalue weighted by Gasteiger charge is 2.03. The van der Waals surface area contributed by atoms with Gasteiger partial charge in [0.25, 0.3) is 0 Å². The first kappa shape index (κ1) is 13.9. The summed E-state index contributed by atoms with van der Waals surface area (Å²) in [5.41, 5.74) is 2.56. The third-order valence-electron chi connectivity index (χ3n) is 3.18. The molecule has 21 heavy (non-hydrogen) atoms. The van der Waals surface area contributed by atoms with E-state index in [0.717, 1.165) is 20.8 Å². The third kappa shape index (κ3) is 3.17. The summed E-state index contributed by atoms with van der Waals surface area (Å²) < 4.78 is 14.1. The van der Waals surface area contributed by atoms with Crippen LogP contribution in [0.5, 0.6) is 0 Å². The Hall–Kier alpha value is -2.04. The second-order valence-electron chi connectivity index (χ2n) is 4.84. The monoisotopic (exact) mass is 299 g/mol. The van der Waals surface area contributed by atoms with Gasteiger partial charge in [-0.25, -0.2) is 9.37 Å². The second kappa shape index (κ2) is 5.76. The number of halogens is 1. The van der Waals surface area contributed by atoms with Crippen LogP contribution in [-0.2, 0) is 0 Å². The van der Waals surface area contributed by atoms with E-state index in [0.29, 0.717) is 5.52 Å². The number of thiazole rings is 1. The zero-order chi connectivity index (χ0) is 14.8. The molecule has 1 N–H and O–H groups in total. The van der Waals surface area contributed by atoms with Crippen molar-refractivity contribution in [3.63, 3.8) is 0 Å². The quantitative estimate of drug-likeness (QED) is 0.763. The van der Waals surface area contributed by atoms with Gasteiger partial charge in [-0.1, -0.05) is 24.3 Å². The van der Waals surface area contributed by atoms with Gasteiger partial charge in [0.2, 0.25) is 0 Å². The molecule has 1 heterocycles.